The van der Waals surface area contributed by atoms with Gasteiger partial charge in [-0.2, -0.15) is 0 Å². The molecule has 2 aliphatic rings. The highest BCUT2D eigenvalue weighted by Crippen LogP contribution is 2.44. The van der Waals surface area contributed by atoms with Gasteiger partial charge in [-0.15, -0.1) is 5.54 Å². The third kappa shape index (κ3) is 9.16. The van der Waals surface area contributed by atoms with E-state index in [2.05, 4.69) is 112 Å². The summed E-state index contributed by atoms with van der Waals surface area (Å²) < 4.78 is 27.5. The fourth-order valence-corrected chi connectivity index (χ4v) is 7.65. The van der Waals surface area contributed by atoms with Crippen molar-refractivity contribution in [1.82, 2.24) is 0 Å². The molecule has 2 aliphatic heterocycles. The fourth-order valence-electron chi connectivity index (χ4n) is 4.42. The molecular weight excluding hydrogens is 509 g/mol. The van der Waals surface area contributed by atoms with Gasteiger partial charge in [0, 0.05) is 12.8 Å². The summed E-state index contributed by atoms with van der Waals surface area (Å²) in [6.07, 6.45) is 8.11. The van der Waals surface area contributed by atoms with E-state index in [1.54, 1.807) is 0 Å². The normalized spacial score (nSPS) is 30.1. The molecule has 2 rings (SSSR count). The van der Waals surface area contributed by atoms with Crippen molar-refractivity contribution in [2.75, 3.05) is 0 Å². The van der Waals surface area contributed by atoms with E-state index >= 15 is 0 Å². The van der Waals surface area contributed by atoms with Crippen LogP contribution in [0.5, 0.6) is 0 Å². The summed E-state index contributed by atoms with van der Waals surface area (Å²) in [6, 6.07) is 0. The van der Waals surface area contributed by atoms with Crippen LogP contribution in [-0.4, -0.2) is 61.3 Å². The molecule has 2 fully saturated rings. The standard InChI is InChI=1S/C30H58O4Si3/c1-15-23-27(33-36(11,12)29(2,3)4)21-26-25(31-23)22-28(34-37(13,14)30(5,6)7)24(32-26)19-17-16-18-20-35(8,9)10/h16-17,23-28H,15,19,21-22H2,1-14H3/b17-16-/t23-,24-,25+,26+,27+,28+/m0/s1. The topological polar surface area (TPSA) is 36.9 Å². The molecule has 2 heterocycles. The smallest absolute Gasteiger partial charge is 0.192 e. The largest absolute Gasteiger partial charge is 0.411 e. The van der Waals surface area contributed by atoms with Crippen molar-refractivity contribution in [3.63, 3.8) is 0 Å². The number of hydrogen-bond acceptors (Lipinski definition) is 4. The molecule has 0 saturated carbocycles. The Balaban J connectivity index is 2.26. The van der Waals surface area contributed by atoms with Crippen LogP contribution in [0, 0.1) is 11.5 Å². The number of allylic oxidation sites excluding steroid dienone is 1. The number of hydrogen-bond donors (Lipinski definition) is 0. The van der Waals surface area contributed by atoms with E-state index in [1.807, 2.05) is 6.08 Å². The fraction of sp³-hybridized carbons (Fsp3) is 0.867. The second-order valence-corrected chi connectivity index (χ2v) is 29.6. The van der Waals surface area contributed by atoms with Crippen molar-refractivity contribution >= 4 is 24.7 Å². The van der Waals surface area contributed by atoms with Gasteiger partial charge in [-0.25, -0.2) is 0 Å². The third-order valence-corrected chi connectivity index (χ3v) is 18.7. The van der Waals surface area contributed by atoms with Gasteiger partial charge in [0.2, 0.25) is 0 Å². The average Bonchev–Trinajstić information content (AvgIpc) is 2.70. The Labute approximate surface area is 232 Å². The Kier molecular flexibility index (Phi) is 10.8. The van der Waals surface area contributed by atoms with Gasteiger partial charge < -0.3 is 18.3 Å². The second-order valence-electron chi connectivity index (χ2n) is 15.3. The lowest BCUT2D eigenvalue weighted by Gasteiger charge is -2.51. The Bertz CT molecular complexity index is 836. The zero-order chi connectivity index (χ0) is 28.4. The van der Waals surface area contributed by atoms with Gasteiger partial charge in [-0.1, -0.05) is 80.1 Å². The maximum absolute atomic E-state index is 6.98. The molecule has 0 aromatic rings. The van der Waals surface area contributed by atoms with Gasteiger partial charge in [0.25, 0.3) is 0 Å². The summed E-state index contributed by atoms with van der Waals surface area (Å²) in [6.45, 7) is 32.2. The highest BCUT2D eigenvalue weighted by molar-refractivity contribution is 6.83. The van der Waals surface area contributed by atoms with E-state index in [0.29, 0.717) is 0 Å². The molecular formula is C30H58O4Si3. The van der Waals surface area contributed by atoms with Gasteiger partial charge in [-0.05, 0) is 55.2 Å². The first-order chi connectivity index (χ1) is 16.7. The maximum atomic E-state index is 6.98. The van der Waals surface area contributed by atoms with E-state index in [0.717, 1.165) is 25.7 Å². The molecule has 214 valence electrons. The highest BCUT2D eigenvalue weighted by Gasteiger charge is 2.50. The SMILES string of the molecule is CC[C@@H]1O[C@@H]2C[C@@H](O[Si](C)(C)C(C)(C)C)[C@H](C/C=C\C#C[Si](C)(C)C)O[C@@H]2C[C@H]1O[Si](C)(C)C(C)(C)C. The predicted octanol–water partition coefficient (Wildman–Crippen LogP) is 8.32. The molecule has 0 aromatic heterocycles. The lowest BCUT2D eigenvalue weighted by Crippen LogP contribution is -2.60. The van der Waals surface area contributed by atoms with Crippen molar-refractivity contribution in [1.29, 1.82) is 0 Å². The molecule has 0 bridgehead atoms. The minimum absolute atomic E-state index is 0.00982. The molecule has 0 amide bonds. The lowest BCUT2D eigenvalue weighted by atomic mass is 9.89. The highest BCUT2D eigenvalue weighted by atomic mass is 28.4. The first-order valence-electron chi connectivity index (χ1n) is 14.5. The number of rotatable bonds is 7. The average molecular weight is 567 g/mol. The zero-order valence-corrected chi connectivity index (χ0v) is 29.6. The quantitative estimate of drug-likeness (QED) is 0.229. The van der Waals surface area contributed by atoms with Crippen molar-refractivity contribution in [2.45, 2.75) is 167 Å². The van der Waals surface area contributed by atoms with E-state index in [4.69, 9.17) is 18.3 Å². The van der Waals surface area contributed by atoms with Gasteiger partial charge in [-0.3, -0.25) is 0 Å². The van der Waals surface area contributed by atoms with Gasteiger partial charge in [0.05, 0.1) is 36.6 Å². The molecule has 6 atom stereocenters. The van der Waals surface area contributed by atoms with Crippen LogP contribution in [0.2, 0.25) is 55.9 Å². The van der Waals surface area contributed by atoms with Crippen molar-refractivity contribution in [2.24, 2.45) is 0 Å². The number of ether oxygens (including phenoxy) is 2. The van der Waals surface area contributed by atoms with E-state index in [1.165, 1.54) is 0 Å². The van der Waals surface area contributed by atoms with Crippen LogP contribution in [0.1, 0.15) is 74.1 Å². The van der Waals surface area contributed by atoms with Crippen molar-refractivity contribution < 1.29 is 18.3 Å². The van der Waals surface area contributed by atoms with E-state index < -0.39 is 24.7 Å². The first-order valence-corrected chi connectivity index (χ1v) is 23.8. The molecule has 2 saturated heterocycles. The lowest BCUT2D eigenvalue weighted by molar-refractivity contribution is -0.238. The van der Waals surface area contributed by atoms with E-state index in [9.17, 15) is 0 Å². The van der Waals surface area contributed by atoms with Gasteiger partial charge in [0.1, 0.15) is 8.07 Å². The number of fused-ring (bicyclic) bond motifs is 1. The maximum Gasteiger partial charge on any atom is 0.192 e. The summed E-state index contributed by atoms with van der Waals surface area (Å²) >= 11 is 0. The summed E-state index contributed by atoms with van der Waals surface area (Å²) in [7, 11) is -5.25. The van der Waals surface area contributed by atoms with Gasteiger partial charge in [0.15, 0.2) is 16.6 Å². The van der Waals surface area contributed by atoms with Crippen LogP contribution in [-0.2, 0) is 18.3 Å². The molecule has 0 aromatic carbocycles. The predicted molar refractivity (Wildman–Crippen MR) is 166 cm³/mol. The molecule has 0 spiro atoms. The van der Waals surface area contributed by atoms with Gasteiger partial charge >= 0.3 is 0 Å². The van der Waals surface area contributed by atoms with Crippen LogP contribution in [0.15, 0.2) is 12.2 Å². The van der Waals surface area contributed by atoms with Crippen LogP contribution in [0.3, 0.4) is 0 Å². The minimum Gasteiger partial charge on any atom is -0.411 e. The zero-order valence-electron chi connectivity index (χ0n) is 26.6. The molecule has 0 unspecified atom stereocenters. The Morgan fingerprint density at radius 2 is 1.19 bits per heavy atom. The summed E-state index contributed by atoms with van der Waals surface area (Å²) in [5.41, 5.74) is 3.43. The monoisotopic (exact) mass is 566 g/mol. The third-order valence-electron chi connectivity index (χ3n) is 8.80. The molecule has 37 heavy (non-hydrogen) atoms. The molecule has 0 radical (unpaired) electrons. The second kappa shape index (κ2) is 12.1. The van der Waals surface area contributed by atoms with Crippen LogP contribution in [0.25, 0.3) is 0 Å². The molecule has 7 heteroatoms. The summed E-state index contributed by atoms with van der Waals surface area (Å²) in [5, 5.41) is 0.316. The molecule has 0 aliphatic carbocycles. The summed E-state index contributed by atoms with van der Waals surface area (Å²) in [4.78, 5) is 0. The van der Waals surface area contributed by atoms with E-state index in [-0.39, 0.29) is 46.7 Å². The van der Waals surface area contributed by atoms with Crippen LogP contribution >= 0.6 is 0 Å². The molecule has 0 N–H and O–H groups in total. The molecule has 4 nitrogen and oxygen atoms in total. The first kappa shape index (κ1) is 33.0. The van der Waals surface area contributed by atoms with Crippen LogP contribution in [0.4, 0.5) is 0 Å². The Morgan fingerprint density at radius 3 is 1.59 bits per heavy atom. The van der Waals surface area contributed by atoms with Crippen molar-refractivity contribution in [3.8, 4) is 11.5 Å². The summed E-state index contributed by atoms with van der Waals surface area (Å²) in [5.74, 6) is 3.27. The Hall–Kier alpha value is -0.209. The van der Waals surface area contributed by atoms with Crippen molar-refractivity contribution in [3.05, 3.63) is 12.2 Å². The minimum atomic E-state index is -1.96. The Morgan fingerprint density at radius 1 is 0.757 bits per heavy atom. The van der Waals surface area contributed by atoms with Crippen LogP contribution < -0.4 is 0 Å².